The number of hydrogen-bond acceptors (Lipinski definition) is 7. The molecule has 2 aromatic heterocycles. The third-order valence-electron chi connectivity index (χ3n) is 9.52. The number of halogens is 1. The topological polar surface area (TPSA) is 101 Å². The molecule has 0 unspecified atom stereocenters. The van der Waals surface area contributed by atoms with Crippen LogP contribution in [0.15, 0.2) is 47.4 Å². The molecule has 2 aliphatic rings. The summed E-state index contributed by atoms with van der Waals surface area (Å²) in [6, 6.07) is 11.5. The van der Waals surface area contributed by atoms with Crippen molar-refractivity contribution in [1.82, 2.24) is 24.8 Å². The predicted molar refractivity (Wildman–Crippen MR) is 189 cm³/mol. The number of nitrogens with zero attached hydrogens (tertiary/aromatic N) is 4. The quantitative estimate of drug-likeness (QED) is 0.205. The Morgan fingerprint density at radius 3 is 2.64 bits per heavy atom. The Balaban J connectivity index is 1.48. The number of pyridine rings is 1. The number of carbonyl (C=O) groups excluding carboxylic acids is 1. The van der Waals surface area contributed by atoms with Gasteiger partial charge >= 0.3 is 0 Å². The van der Waals surface area contributed by atoms with Gasteiger partial charge in [0.1, 0.15) is 11.4 Å². The number of aromatic nitrogens is 3. The number of likely N-dealkylation sites (tertiary alicyclic amines) is 1. The standard InChI is InChI=1S/C37H45ClN6O3/c1-6-33(45)43-17-9-10-26(21-43)44-35-29(24(5)34(36(44)46)27-11-7-8-12-30(27)38)20-40-37(42-35)41-31-18-23(4)28(19-32(31)47-22(2)3)25-13-15-39-16-14-25/h7-8,11-12,18-20,22,25-26,39H,6,9-10,13-17,21H2,1-5H3,(H,40,41,42)/t26-/m0/s1. The molecule has 2 aromatic carbocycles. The van der Waals surface area contributed by atoms with Crippen molar-refractivity contribution in [2.24, 2.45) is 0 Å². The second kappa shape index (κ2) is 14.0. The van der Waals surface area contributed by atoms with E-state index in [2.05, 4.69) is 29.7 Å². The lowest BCUT2D eigenvalue weighted by Gasteiger charge is -2.34. The van der Waals surface area contributed by atoms with Gasteiger partial charge in [-0.05, 0) is 107 Å². The van der Waals surface area contributed by atoms with E-state index in [-0.39, 0.29) is 23.6 Å². The number of carbonyl (C=O) groups is 1. The summed E-state index contributed by atoms with van der Waals surface area (Å²) in [5, 5.41) is 8.17. The zero-order valence-corrected chi connectivity index (χ0v) is 28.8. The van der Waals surface area contributed by atoms with E-state index < -0.39 is 0 Å². The molecular formula is C37H45ClN6O3. The molecule has 1 atom stereocenters. The summed E-state index contributed by atoms with van der Waals surface area (Å²) in [6.07, 6.45) is 5.93. The molecule has 4 heterocycles. The average molecular weight is 657 g/mol. The highest BCUT2D eigenvalue weighted by atomic mass is 35.5. The third kappa shape index (κ3) is 6.74. The summed E-state index contributed by atoms with van der Waals surface area (Å²) in [4.78, 5) is 39.0. The van der Waals surface area contributed by atoms with Gasteiger partial charge in [0.15, 0.2) is 0 Å². The highest BCUT2D eigenvalue weighted by Crippen LogP contribution is 2.38. The van der Waals surface area contributed by atoms with Crippen molar-refractivity contribution in [1.29, 1.82) is 0 Å². The van der Waals surface area contributed by atoms with E-state index in [1.807, 2.05) is 50.8 Å². The monoisotopic (exact) mass is 656 g/mol. The van der Waals surface area contributed by atoms with Gasteiger partial charge in [-0.15, -0.1) is 0 Å². The van der Waals surface area contributed by atoms with Gasteiger partial charge < -0.3 is 20.3 Å². The smallest absolute Gasteiger partial charge is 0.260 e. The summed E-state index contributed by atoms with van der Waals surface area (Å²) in [5.41, 5.74) is 5.62. The maximum absolute atomic E-state index is 14.6. The van der Waals surface area contributed by atoms with Crippen molar-refractivity contribution in [3.8, 4) is 16.9 Å². The lowest BCUT2D eigenvalue weighted by atomic mass is 9.87. The van der Waals surface area contributed by atoms with E-state index in [0.717, 1.165) is 61.2 Å². The first-order valence-corrected chi connectivity index (χ1v) is 17.3. The van der Waals surface area contributed by atoms with Crippen LogP contribution < -0.4 is 20.9 Å². The van der Waals surface area contributed by atoms with E-state index in [4.69, 9.17) is 26.3 Å². The molecule has 0 radical (unpaired) electrons. The molecule has 0 aliphatic carbocycles. The molecule has 248 valence electrons. The highest BCUT2D eigenvalue weighted by molar-refractivity contribution is 6.33. The van der Waals surface area contributed by atoms with Gasteiger partial charge in [0.2, 0.25) is 11.9 Å². The highest BCUT2D eigenvalue weighted by Gasteiger charge is 2.29. The van der Waals surface area contributed by atoms with Crippen LogP contribution in [0.1, 0.15) is 81.5 Å². The van der Waals surface area contributed by atoms with Crippen LogP contribution in [0, 0.1) is 13.8 Å². The van der Waals surface area contributed by atoms with Crippen LogP contribution in [0.3, 0.4) is 0 Å². The average Bonchev–Trinajstić information content (AvgIpc) is 3.06. The number of aryl methyl sites for hydroxylation is 2. The first-order valence-electron chi connectivity index (χ1n) is 16.9. The number of anilines is 2. The second-order valence-electron chi connectivity index (χ2n) is 13.1. The Morgan fingerprint density at radius 1 is 1.15 bits per heavy atom. The number of nitrogens with one attached hydrogen (secondary N) is 2. The van der Waals surface area contributed by atoms with Crippen LogP contribution in [-0.4, -0.2) is 57.6 Å². The SMILES string of the molecule is CCC(=O)N1CCC[C@H](n2c(=O)c(-c3ccccc3Cl)c(C)c3cnc(Nc4cc(C)c(C5CCNCC5)cc4OC(C)C)nc32)C1. The van der Waals surface area contributed by atoms with Crippen LogP contribution in [0.5, 0.6) is 5.75 Å². The molecule has 9 nitrogen and oxygen atoms in total. The molecule has 1 amide bonds. The molecule has 2 aliphatic heterocycles. The largest absolute Gasteiger partial charge is 0.489 e. The van der Waals surface area contributed by atoms with Crippen LogP contribution in [0.25, 0.3) is 22.2 Å². The van der Waals surface area contributed by atoms with Gasteiger partial charge in [-0.2, -0.15) is 4.98 Å². The van der Waals surface area contributed by atoms with E-state index in [1.165, 1.54) is 11.1 Å². The van der Waals surface area contributed by atoms with Crippen molar-refractivity contribution in [2.45, 2.75) is 84.8 Å². The van der Waals surface area contributed by atoms with Crippen LogP contribution in [-0.2, 0) is 4.79 Å². The molecule has 4 aromatic rings. The fraction of sp³-hybridized carbons (Fsp3) is 0.459. The van der Waals surface area contributed by atoms with Crippen molar-refractivity contribution >= 4 is 40.2 Å². The number of benzene rings is 2. The molecule has 0 bridgehead atoms. The summed E-state index contributed by atoms with van der Waals surface area (Å²) in [7, 11) is 0. The minimum absolute atomic E-state index is 0.0206. The van der Waals surface area contributed by atoms with Crippen molar-refractivity contribution in [3.05, 3.63) is 74.7 Å². The van der Waals surface area contributed by atoms with Crippen LogP contribution in [0.4, 0.5) is 11.6 Å². The molecule has 0 spiro atoms. The lowest BCUT2D eigenvalue weighted by molar-refractivity contribution is -0.132. The van der Waals surface area contributed by atoms with Crippen LogP contribution in [0.2, 0.25) is 5.02 Å². The Morgan fingerprint density at radius 2 is 1.91 bits per heavy atom. The summed E-state index contributed by atoms with van der Waals surface area (Å²) in [5.74, 6) is 1.70. The maximum Gasteiger partial charge on any atom is 0.260 e. The summed E-state index contributed by atoms with van der Waals surface area (Å²) < 4.78 is 8.11. The Kier molecular flexibility index (Phi) is 9.85. The number of piperidine rings is 2. The third-order valence-corrected chi connectivity index (χ3v) is 9.85. The zero-order chi connectivity index (χ0) is 33.2. The lowest BCUT2D eigenvalue weighted by Crippen LogP contribution is -2.43. The molecular weight excluding hydrogens is 612 g/mol. The molecule has 2 saturated heterocycles. The number of fused-ring (bicyclic) bond motifs is 1. The number of hydrogen-bond donors (Lipinski definition) is 2. The minimum atomic E-state index is -0.245. The molecule has 47 heavy (non-hydrogen) atoms. The van der Waals surface area contributed by atoms with Gasteiger partial charge in [-0.1, -0.05) is 36.7 Å². The van der Waals surface area contributed by atoms with Gasteiger partial charge in [0.05, 0.1) is 23.4 Å². The van der Waals surface area contributed by atoms with Gasteiger partial charge in [-0.3, -0.25) is 14.2 Å². The zero-order valence-electron chi connectivity index (χ0n) is 28.0. The Hall–Kier alpha value is -3.95. The second-order valence-corrected chi connectivity index (χ2v) is 13.5. The van der Waals surface area contributed by atoms with Gasteiger partial charge in [0, 0.05) is 41.7 Å². The molecule has 2 N–H and O–H groups in total. The molecule has 10 heteroatoms. The van der Waals surface area contributed by atoms with Crippen molar-refractivity contribution in [3.63, 3.8) is 0 Å². The summed E-state index contributed by atoms with van der Waals surface area (Å²) >= 11 is 6.66. The number of ether oxygens (including phenoxy) is 1. The fourth-order valence-electron chi connectivity index (χ4n) is 7.17. The number of rotatable bonds is 8. The van der Waals surface area contributed by atoms with Crippen LogP contribution >= 0.6 is 11.6 Å². The van der Waals surface area contributed by atoms with Crippen molar-refractivity contribution < 1.29 is 9.53 Å². The molecule has 2 fully saturated rings. The van der Waals surface area contributed by atoms with Gasteiger partial charge in [0.25, 0.3) is 5.56 Å². The van der Waals surface area contributed by atoms with E-state index in [9.17, 15) is 9.59 Å². The van der Waals surface area contributed by atoms with E-state index in [0.29, 0.717) is 53.2 Å². The molecule has 0 saturated carbocycles. The summed E-state index contributed by atoms with van der Waals surface area (Å²) in [6.45, 7) is 13.2. The van der Waals surface area contributed by atoms with Gasteiger partial charge in [-0.25, -0.2) is 4.98 Å². The molecule has 6 rings (SSSR count). The predicted octanol–water partition coefficient (Wildman–Crippen LogP) is 7.30. The Labute approximate surface area is 281 Å². The first kappa shape index (κ1) is 33.0. The fourth-order valence-corrected chi connectivity index (χ4v) is 7.40. The van der Waals surface area contributed by atoms with E-state index in [1.54, 1.807) is 16.8 Å². The van der Waals surface area contributed by atoms with Crippen molar-refractivity contribution in [2.75, 3.05) is 31.5 Å². The first-order chi connectivity index (χ1) is 22.7. The maximum atomic E-state index is 14.6. The Bertz CT molecular complexity index is 1850. The minimum Gasteiger partial charge on any atom is -0.489 e. The normalized spacial score (nSPS) is 17.3. The number of amides is 1. The van der Waals surface area contributed by atoms with E-state index >= 15 is 0 Å².